The molecule has 2 fully saturated rings. The standard InChI is InChI=1S/C12H19NO2/c1-8(14)9-2-4-10(5-3-9)12(15)13-11-6-7-11/h9-11H,2-7H2,1H3,(H,13,15)/t9-,10-. The summed E-state index contributed by atoms with van der Waals surface area (Å²) in [5.74, 6) is 0.895. The molecular formula is C12H19NO2. The molecule has 1 N–H and O–H groups in total. The number of ketones is 1. The summed E-state index contributed by atoms with van der Waals surface area (Å²) in [7, 11) is 0. The predicted octanol–water partition coefficient (Wildman–Crippen LogP) is 1.66. The highest BCUT2D eigenvalue weighted by Crippen LogP contribution is 2.30. The van der Waals surface area contributed by atoms with Gasteiger partial charge in [0, 0.05) is 17.9 Å². The second kappa shape index (κ2) is 4.33. The van der Waals surface area contributed by atoms with Crippen molar-refractivity contribution in [1.82, 2.24) is 5.32 Å². The molecule has 0 atom stereocenters. The van der Waals surface area contributed by atoms with E-state index in [-0.39, 0.29) is 23.5 Å². The van der Waals surface area contributed by atoms with Crippen LogP contribution in [0.3, 0.4) is 0 Å². The second-order valence-corrected chi connectivity index (χ2v) is 4.94. The topological polar surface area (TPSA) is 46.2 Å². The first-order valence-electron chi connectivity index (χ1n) is 5.97. The van der Waals surface area contributed by atoms with Crippen molar-refractivity contribution in [1.29, 1.82) is 0 Å². The van der Waals surface area contributed by atoms with Crippen molar-refractivity contribution >= 4 is 11.7 Å². The molecule has 2 rings (SSSR count). The molecule has 2 aliphatic rings. The van der Waals surface area contributed by atoms with Gasteiger partial charge in [-0.1, -0.05) is 0 Å². The Balaban J connectivity index is 1.76. The quantitative estimate of drug-likeness (QED) is 0.768. The summed E-state index contributed by atoms with van der Waals surface area (Å²) in [6.45, 7) is 1.66. The summed E-state index contributed by atoms with van der Waals surface area (Å²) in [5.41, 5.74) is 0. The van der Waals surface area contributed by atoms with Gasteiger partial charge in [0.15, 0.2) is 0 Å². The lowest BCUT2D eigenvalue weighted by atomic mass is 9.80. The highest BCUT2D eigenvalue weighted by molar-refractivity contribution is 5.81. The van der Waals surface area contributed by atoms with Gasteiger partial charge in [-0.25, -0.2) is 0 Å². The molecule has 0 heterocycles. The van der Waals surface area contributed by atoms with Crippen molar-refractivity contribution in [2.45, 2.75) is 51.5 Å². The maximum atomic E-state index is 11.7. The number of amides is 1. The molecule has 0 bridgehead atoms. The summed E-state index contributed by atoms with van der Waals surface area (Å²) >= 11 is 0. The Bertz CT molecular complexity index is 263. The van der Waals surface area contributed by atoms with E-state index in [1.165, 1.54) is 0 Å². The highest BCUT2D eigenvalue weighted by Gasteiger charge is 2.31. The van der Waals surface area contributed by atoms with E-state index in [0.717, 1.165) is 38.5 Å². The summed E-state index contributed by atoms with van der Waals surface area (Å²) in [6.07, 6.45) is 5.88. The molecular weight excluding hydrogens is 190 g/mol. The van der Waals surface area contributed by atoms with Crippen LogP contribution in [0.2, 0.25) is 0 Å². The van der Waals surface area contributed by atoms with Crippen LogP contribution >= 0.6 is 0 Å². The smallest absolute Gasteiger partial charge is 0.223 e. The molecule has 0 aromatic heterocycles. The lowest BCUT2D eigenvalue weighted by Crippen LogP contribution is -2.35. The number of rotatable bonds is 3. The van der Waals surface area contributed by atoms with E-state index >= 15 is 0 Å². The van der Waals surface area contributed by atoms with Crippen molar-refractivity contribution in [2.24, 2.45) is 11.8 Å². The van der Waals surface area contributed by atoms with E-state index < -0.39 is 0 Å². The van der Waals surface area contributed by atoms with Crippen molar-refractivity contribution in [3.8, 4) is 0 Å². The number of hydrogen-bond donors (Lipinski definition) is 1. The largest absolute Gasteiger partial charge is 0.353 e. The van der Waals surface area contributed by atoms with Crippen LogP contribution < -0.4 is 5.32 Å². The van der Waals surface area contributed by atoms with Crippen LogP contribution in [0.15, 0.2) is 0 Å². The first-order valence-corrected chi connectivity index (χ1v) is 5.97. The third-order valence-corrected chi connectivity index (χ3v) is 3.60. The van der Waals surface area contributed by atoms with Gasteiger partial charge in [-0.15, -0.1) is 0 Å². The molecule has 3 nitrogen and oxygen atoms in total. The second-order valence-electron chi connectivity index (χ2n) is 4.94. The molecule has 2 saturated carbocycles. The molecule has 0 radical (unpaired) electrons. The zero-order valence-electron chi connectivity index (χ0n) is 9.29. The fraction of sp³-hybridized carbons (Fsp3) is 0.833. The van der Waals surface area contributed by atoms with E-state index in [0.29, 0.717) is 6.04 Å². The van der Waals surface area contributed by atoms with Gasteiger partial charge in [0.1, 0.15) is 5.78 Å². The number of Topliss-reactive ketones (excluding diaryl/α,β-unsaturated/α-hetero) is 1. The van der Waals surface area contributed by atoms with E-state index in [1.54, 1.807) is 6.92 Å². The Morgan fingerprint density at radius 1 is 0.933 bits per heavy atom. The van der Waals surface area contributed by atoms with Gasteiger partial charge < -0.3 is 5.32 Å². The molecule has 0 saturated heterocycles. The summed E-state index contributed by atoms with van der Waals surface area (Å²) in [4.78, 5) is 22.9. The number of hydrogen-bond acceptors (Lipinski definition) is 2. The predicted molar refractivity (Wildman–Crippen MR) is 57.3 cm³/mol. The van der Waals surface area contributed by atoms with Crippen LogP contribution in [0.25, 0.3) is 0 Å². The summed E-state index contributed by atoms with van der Waals surface area (Å²) in [6, 6.07) is 0.461. The van der Waals surface area contributed by atoms with Crippen molar-refractivity contribution in [3.05, 3.63) is 0 Å². The van der Waals surface area contributed by atoms with E-state index in [1.807, 2.05) is 0 Å². The maximum Gasteiger partial charge on any atom is 0.223 e. The van der Waals surface area contributed by atoms with Crippen LogP contribution in [0.4, 0.5) is 0 Å². The Kier molecular flexibility index (Phi) is 3.08. The molecule has 0 aromatic carbocycles. The Hall–Kier alpha value is -0.860. The van der Waals surface area contributed by atoms with Crippen LogP contribution in [-0.4, -0.2) is 17.7 Å². The Morgan fingerprint density at radius 2 is 1.47 bits per heavy atom. The summed E-state index contributed by atoms with van der Waals surface area (Å²) in [5, 5.41) is 3.04. The van der Waals surface area contributed by atoms with Crippen LogP contribution in [-0.2, 0) is 9.59 Å². The zero-order valence-corrected chi connectivity index (χ0v) is 9.29. The summed E-state index contributed by atoms with van der Waals surface area (Å²) < 4.78 is 0. The molecule has 2 aliphatic carbocycles. The number of carbonyl (C=O) groups is 2. The van der Waals surface area contributed by atoms with Gasteiger partial charge >= 0.3 is 0 Å². The molecule has 0 unspecified atom stereocenters. The minimum atomic E-state index is 0.168. The Labute approximate surface area is 90.6 Å². The van der Waals surface area contributed by atoms with Crippen LogP contribution in [0.1, 0.15) is 45.4 Å². The van der Waals surface area contributed by atoms with Gasteiger partial charge in [0.2, 0.25) is 5.91 Å². The number of carbonyl (C=O) groups excluding carboxylic acids is 2. The Morgan fingerprint density at radius 3 is 1.93 bits per heavy atom. The minimum absolute atomic E-state index is 0.168. The highest BCUT2D eigenvalue weighted by atomic mass is 16.2. The SMILES string of the molecule is CC(=O)[C@H]1CC[C@H](C(=O)NC2CC2)CC1. The van der Waals surface area contributed by atoms with Crippen LogP contribution in [0.5, 0.6) is 0 Å². The first-order chi connectivity index (χ1) is 7.16. The third-order valence-electron chi connectivity index (χ3n) is 3.60. The molecule has 84 valence electrons. The lowest BCUT2D eigenvalue weighted by molar-refractivity contribution is -0.128. The van der Waals surface area contributed by atoms with E-state index in [4.69, 9.17) is 0 Å². The van der Waals surface area contributed by atoms with Crippen molar-refractivity contribution in [3.63, 3.8) is 0 Å². The average Bonchev–Trinajstić information content (AvgIpc) is 3.02. The maximum absolute atomic E-state index is 11.7. The minimum Gasteiger partial charge on any atom is -0.353 e. The first kappa shape index (κ1) is 10.7. The molecule has 0 aromatic rings. The molecule has 15 heavy (non-hydrogen) atoms. The normalized spacial score (nSPS) is 31.0. The number of nitrogens with one attached hydrogen (secondary N) is 1. The molecule has 3 heteroatoms. The van der Waals surface area contributed by atoms with Gasteiger partial charge in [0.05, 0.1) is 0 Å². The van der Waals surface area contributed by atoms with Gasteiger partial charge in [0.25, 0.3) is 0 Å². The van der Waals surface area contributed by atoms with Crippen molar-refractivity contribution < 1.29 is 9.59 Å². The van der Waals surface area contributed by atoms with E-state index in [2.05, 4.69) is 5.32 Å². The third kappa shape index (κ3) is 2.80. The zero-order chi connectivity index (χ0) is 10.8. The van der Waals surface area contributed by atoms with E-state index in [9.17, 15) is 9.59 Å². The van der Waals surface area contributed by atoms with Crippen LogP contribution in [0, 0.1) is 11.8 Å². The fourth-order valence-electron chi connectivity index (χ4n) is 2.31. The van der Waals surface area contributed by atoms with Gasteiger partial charge in [-0.05, 0) is 45.4 Å². The fourth-order valence-corrected chi connectivity index (χ4v) is 2.31. The lowest BCUT2D eigenvalue weighted by Gasteiger charge is -2.26. The molecule has 0 aliphatic heterocycles. The van der Waals surface area contributed by atoms with Gasteiger partial charge in [-0.2, -0.15) is 0 Å². The van der Waals surface area contributed by atoms with Gasteiger partial charge in [-0.3, -0.25) is 9.59 Å². The molecule has 1 amide bonds. The molecule has 0 spiro atoms. The average molecular weight is 209 g/mol. The monoisotopic (exact) mass is 209 g/mol. The van der Waals surface area contributed by atoms with Crippen molar-refractivity contribution in [2.75, 3.05) is 0 Å².